The maximum atomic E-state index is 5.57. The molecule has 3 heteroatoms. The molecule has 0 N–H and O–H groups in total. The van der Waals surface area contributed by atoms with Crippen LogP contribution in [0.5, 0.6) is 0 Å². The molecule has 3 radical (unpaired) electrons. The van der Waals surface area contributed by atoms with Crippen LogP contribution in [0.15, 0.2) is 12.2 Å². The van der Waals surface area contributed by atoms with E-state index in [1.165, 1.54) is 0 Å². The van der Waals surface area contributed by atoms with E-state index >= 15 is 0 Å². The van der Waals surface area contributed by atoms with Gasteiger partial charge < -0.3 is 11.7 Å². The number of hydrogen-bond acceptors (Lipinski definition) is 1. The van der Waals surface area contributed by atoms with Crippen molar-refractivity contribution in [3.63, 3.8) is 0 Å². The van der Waals surface area contributed by atoms with Gasteiger partial charge in [-0.05, 0) is 19.5 Å². The van der Waals surface area contributed by atoms with Gasteiger partial charge in [0.1, 0.15) is 0 Å². The standard InChI is InChI=1S/C9H17BN.Y/c1-3-5-6-7-8-9-11(10)4-2;/h6-7H,1,3-5,8-9H2,2H3;/q-1;/b7-6-;. The first-order valence-corrected chi connectivity index (χ1v) is 4.25. The van der Waals surface area contributed by atoms with Gasteiger partial charge in [0, 0.05) is 32.7 Å². The Morgan fingerprint density at radius 1 is 1.33 bits per heavy atom. The molecule has 0 atom stereocenters. The van der Waals surface area contributed by atoms with E-state index in [1.54, 1.807) is 0 Å². The predicted molar refractivity (Wildman–Crippen MR) is 51.3 cm³/mol. The van der Waals surface area contributed by atoms with Gasteiger partial charge in [-0.1, -0.05) is 25.5 Å². The summed E-state index contributed by atoms with van der Waals surface area (Å²) in [5, 5.41) is 0. The molecule has 0 aliphatic rings. The summed E-state index contributed by atoms with van der Waals surface area (Å²) in [6.07, 6.45) is 7.44. The summed E-state index contributed by atoms with van der Waals surface area (Å²) in [5.74, 6) is 0. The molecule has 0 unspecified atom stereocenters. The summed E-state index contributed by atoms with van der Waals surface area (Å²) >= 11 is 0. The summed E-state index contributed by atoms with van der Waals surface area (Å²) in [7, 11) is 5.57. The molecule has 0 saturated carbocycles. The van der Waals surface area contributed by atoms with E-state index in [9.17, 15) is 0 Å². The van der Waals surface area contributed by atoms with Crippen molar-refractivity contribution in [2.75, 3.05) is 13.1 Å². The molecule has 0 aromatic carbocycles. The Labute approximate surface area is 103 Å². The zero-order chi connectivity index (χ0) is 8.53. The summed E-state index contributed by atoms with van der Waals surface area (Å²) in [4.78, 5) is 1.81. The van der Waals surface area contributed by atoms with Gasteiger partial charge in [-0.15, -0.1) is 0 Å². The van der Waals surface area contributed by atoms with Crippen LogP contribution < -0.4 is 0 Å². The van der Waals surface area contributed by atoms with E-state index in [-0.39, 0.29) is 32.7 Å². The molecule has 0 spiro atoms. The van der Waals surface area contributed by atoms with Gasteiger partial charge in [0.15, 0.2) is 7.98 Å². The van der Waals surface area contributed by atoms with Crippen molar-refractivity contribution in [1.82, 2.24) is 4.81 Å². The summed E-state index contributed by atoms with van der Waals surface area (Å²) in [6.45, 7) is 7.67. The Kier molecular flexibility index (Phi) is 15.2. The van der Waals surface area contributed by atoms with Crippen molar-refractivity contribution in [2.45, 2.75) is 26.2 Å². The molecule has 0 aliphatic heterocycles. The monoisotopic (exact) mass is 239 g/mol. The van der Waals surface area contributed by atoms with Crippen LogP contribution in [0.3, 0.4) is 0 Å². The second-order valence-corrected chi connectivity index (χ2v) is 2.53. The van der Waals surface area contributed by atoms with Gasteiger partial charge in [0.25, 0.3) is 0 Å². The molecule has 0 saturated heterocycles. The number of allylic oxidation sites excluding steroid dienone is 1. The Balaban J connectivity index is 0. The fourth-order valence-electron chi connectivity index (χ4n) is 0.752. The maximum absolute atomic E-state index is 5.57. The van der Waals surface area contributed by atoms with E-state index in [2.05, 4.69) is 26.0 Å². The number of nitrogens with zero attached hydrogens (tertiary/aromatic N) is 1. The van der Waals surface area contributed by atoms with Crippen LogP contribution in [-0.4, -0.2) is 25.9 Å². The van der Waals surface area contributed by atoms with Crippen molar-refractivity contribution >= 4 is 7.98 Å². The molecule has 0 aromatic heterocycles. The van der Waals surface area contributed by atoms with Crippen molar-refractivity contribution in [2.24, 2.45) is 0 Å². The molecular formula is C9H17BNY-. The fourth-order valence-corrected chi connectivity index (χ4v) is 0.752. The van der Waals surface area contributed by atoms with Crippen molar-refractivity contribution in [3.05, 3.63) is 19.1 Å². The molecule has 0 heterocycles. The maximum Gasteiger partial charge on any atom is 0.182 e. The zero-order valence-corrected chi connectivity index (χ0v) is 10.8. The van der Waals surface area contributed by atoms with Crippen LogP contribution >= 0.6 is 0 Å². The molecule has 0 bridgehead atoms. The van der Waals surface area contributed by atoms with Gasteiger partial charge in [-0.25, -0.2) is 0 Å². The average molecular weight is 239 g/mol. The second kappa shape index (κ2) is 11.9. The van der Waals surface area contributed by atoms with E-state index < -0.39 is 0 Å². The van der Waals surface area contributed by atoms with Crippen LogP contribution in [0, 0.1) is 6.92 Å². The minimum atomic E-state index is 0. The van der Waals surface area contributed by atoms with Gasteiger partial charge in [-0.3, -0.25) is 0 Å². The second-order valence-electron chi connectivity index (χ2n) is 2.53. The molecular weight excluding hydrogens is 222 g/mol. The first kappa shape index (κ1) is 15.3. The molecule has 0 aliphatic carbocycles. The third-order valence-corrected chi connectivity index (χ3v) is 1.53. The van der Waals surface area contributed by atoms with Crippen molar-refractivity contribution in [3.8, 4) is 0 Å². The molecule has 0 fully saturated rings. The number of unbranched alkanes of at least 4 members (excludes halogenated alkanes) is 1. The number of hydrogen-bond donors (Lipinski definition) is 0. The third-order valence-electron chi connectivity index (χ3n) is 1.53. The van der Waals surface area contributed by atoms with Gasteiger partial charge >= 0.3 is 0 Å². The summed E-state index contributed by atoms with van der Waals surface area (Å²) in [5.41, 5.74) is 0. The minimum Gasteiger partial charge on any atom is -0.353 e. The van der Waals surface area contributed by atoms with Crippen LogP contribution in [0.25, 0.3) is 0 Å². The molecule has 0 amide bonds. The topological polar surface area (TPSA) is 3.24 Å². The van der Waals surface area contributed by atoms with Crippen molar-refractivity contribution in [1.29, 1.82) is 0 Å². The Bertz CT molecular complexity index is 107. The van der Waals surface area contributed by atoms with Crippen LogP contribution in [-0.2, 0) is 32.7 Å². The first-order valence-electron chi connectivity index (χ1n) is 4.25. The molecule has 12 heavy (non-hydrogen) atoms. The first-order chi connectivity index (χ1) is 5.31. The van der Waals surface area contributed by atoms with E-state index in [0.717, 1.165) is 32.4 Å². The Morgan fingerprint density at radius 2 is 1.92 bits per heavy atom. The Morgan fingerprint density at radius 3 is 2.42 bits per heavy atom. The quantitative estimate of drug-likeness (QED) is 0.389. The normalized spacial score (nSPS) is 10.6. The fraction of sp³-hybridized carbons (Fsp3) is 0.667. The minimum absolute atomic E-state index is 0. The van der Waals surface area contributed by atoms with Crippen LogP contribution in [0.2, 0.25) is 0 Å². The Hall–Kier alpha value is 0.869. The van der Waals surface area contributed by atoms with Gasteiger partial charge in [0.2, 0.25) is 0 Å². The average Bonchev–Trinajstić information content (AvgIpc) is 2.04. The van der Waals surface area contributed by atoms with E-state index in [4.69, 9.17) is 7.98 Å². The summed E-state index contributed by atoms with van der Waals surface area (Å²) in [6, 6.07) is 0. The van der Waals surface area contributed by atoms with E-state index in [1.807, 2.05) is 4.81 Å². The summed E-state index contributed by atoms with van der Waals surface area (Å²) < 4.78 is 0. The van der Waals surface area contributed by atoms with Crippen molar-refractivity contribution < 1.29 is 32.7 Å². The molecule has 0 aromatic rings. The van der Waals surface area contributed by atoms with Crippen LogP contribution in [0.4, 0.5) is 0 Å². The van der Waals surface area contributed by atoms with Gasteiger partial charge in [0.05, 0.1) is 0 Å². The smallest absolute Gasteiger partial charge is 0.182 e. The SMILES string of the molecule is [B]N(CC)CC/C=C\CC[CH2-].[Y]. The van der Waals surface area contributed by atoms with E-state index in [0.29, 0.717) is 0 Å². The molecule has 0 rings (SSSR count). The van der Waals surface area contributed by atoms with Crippen LogP contribution in [0.1, 0.15) is 26.2 Å². The molecule has 1 nitrogen and oxygen atoms in total. The number of rotatable bonds is 6. The largest absolute Gasteiger partial charge is 0.353 e. The molecule has 65 valence electrons. The predicted octanol–water partition coefficient (Wildman–Crippen LogP) is 1.95. The van der Waals surface area contributed by atoms with Gasteiger partial charge in [-0.2, -0.15) is 6.42 Å². The third kappa shape index (κ3) is 10.9. The zero-order valence-electron chi connectivity index (χ0n) is 8.00.